The lowest BCUT2D eigenvalue weighted by Crippen LogP contribution is -2.31. The summed E-state index contributed by atoms with van der Waals surface area (Å²) in [5.41, 5.74) is 1.10. The van der Waals surface area contributed by atoms with Crippen LogP contribution < -0.4 is 9.82 Å². The molecule has 0 spiro atoms. The van der Waals surface area contributed by atoms with Crippen molar-refractivity contribution in [2.75, 3.05) is 13.2 Å². The predicted octanol–water partition coefficient (Wildman–Crippen LogP) is 1.11. The SMILES string of the molecule is Cc1ccccc1OCC(CO)NP. The normalized spacial score (nSPS) is 12.5. The molecule has 0 fully saturated rings. The van der Waals surface area contributed by atoms with Crippen molar-refractivity contribution in [2.24, 2.45) is 0 Å². The highest BCUT2D eigenvalue weighted by atomic mass is 31.0. The average molecular weight is 213 g/mol. The molecule has 2 unspecified atom stereocenters. The van der Waals surface area contributed by atoms with E-state index in [0.29, 0.717) is 6.61 Å². The number of aryl methyl sites for hydroxylation is 1. The molecule has 2 atom stereocenters. The molecule has 0 amide bonds. The van der Waals surface area contributed by atoms with E-state index in [1.165, 1.54) is 0 Å². The van der Waals surface area contributed by atoms with Crippen LogP contribution in [-0.2, 0) is 0 Å². The van der Waals surface area contributed by atoms with Gasteiger partial charge in [-0.05, 0) is 18.6 Å². The van der Waals surface area contributed by atoms with Gasteiger partial charge in [-0.2, -0.15) is 0 Å². The summed E-state index contributed by atoms with van der Waals surface area (Å²) in [5, 5.41) is 11.8. The Morgan fingerprint density at radius 1 is 1.50 bits per heavy atom. The van der Waals surface area contributed by atoms with E-state index in [-0.39, 0.29) is 12.6 Å². The minimum absolute atomic E-state index is 0.0420. The molecule has 2 N–H and O–H groups in total. The number of hydrogen-bond donors (Lipinski definition) is 2. The quantitative estimate of drug-likeness (QED) is 0.720. The standard InChI is InChI=1S/C10H16NO2P/c1-8-4-2-3-5-10(8)13-7-9(6-12)11-14/h2-5,9,11-12H,6-7,14H2,1H3. The molecule has 14 heavy (non-hydrogen) atoms. The molecule has 1 rings (SSSR count). The number of para-hydroxylation sites is 1. The summed E-state index contributed by atoms with van der Waals surface area (Å²) in [6.45, 7) is 2.53. The second-order valence-corrected chi connectivity index (χ2v) is 3.46. The lowest BCUT2D eigenvalue weighted by atomic mass is 10.2. The van der Waals surface area contributed by atoms with Crippen LogP contribution in [0.15, 0.2) is 24.3 Å². The van der Waals surface area contributed by atoms with Crippen LogP contribution in [-0.4, -0.2) is 24.4 Å². The van der Waals surface area contributed by atoms with Crippen molar-refractivity contribution in [1.29, 1.82) is 0 Å². The summed E-state index contributed by atoms with van der Waals surface area (Å²) < 4.78 is 5.54. The lowest BCUT2D eigenvalue weighted by Gasteiger charge is -2.15. The molecule has 0 bridgehead atoms. The summed E-state index contributed by atoms with van der Waals surface area (Å²) in [4.78, 5) is 0. The fourth-order valence-corrected chi connectivity index (χ4v) is 1.26. The van der Waals surface area contributed by atoms with Gasteiger partial charge >= 0.3 is 0 Å². The predicted molar refractivity (Wildman–Crippen MR) is 60.4 cm³/mol. The number of aliphatic hydroxyl groups excluding tert-OH is 1. The van der Waals surface area contributed by atoms with Crippen molar-refractivity contribution in [2.45, 2.75) is 13.0 Å². The third kappa shape index (κ3) is 3.26. The molecule has 0 saturated carbocycles. The summed E-state index contributed by atoms with van der Waals surface area (Å²) in [7, 11) is 2.37. The Bertz CT molecular complexity index is 277. The molecule has 0 aliphatic carbocycles. The maximum absolute atomic E-state index is 8.92. The first-order valence-electron chi connectivity index (χ1n) is 4.53. The number of benzene rings is 1. The first-order chi connectivity index (χ1) is 6.77. The molecule has 0 radical (unpaired) electrons. The summed E-state index contributed by atoms with van der Waals surface area (Å²) in [6, 6.07) is 7.79. The Hall–Kier alpha value is -0.630. The van der Waals surface area contributed by atoms with Crippen LogP contribution in [0.25, 0.3) is 0 Å². The number of hydrogen-bond acceptors (Lipinski definition) is 3. The molecular weight excluding hydrogens is 197 g/mol. The minimum atomic E-state index is -0.0420. The summed E-state index contributed by atoms with van der Waals surface area (Å²) >= 11 is 0. The zero-order chi connectivity index (χ0) is 10.4. The number of nitrogens with one attached hydrogen (secondary N) is 1. The molecule has 78 valence electrons. The van der Waals surface area contributed by atoms with Gasteiger partial charge in [-0.3, -0.25) is 5.09 Å². The van der Waals surface area contributed by atoms with Gasteiger partial charge in [0, 0.05) is 0 Å². The van der Waals surface area contributed by atoms with E-state index < -0.39 is 0 Å². The monoisotopic (exact) mass is 213 g/mol. The van der Waals surface area contributed by atoms with Crippen molar-refractivity contribution in [3.8, 4) is 5.75 Å². The van der Waals surface area contributed by atoms with Gasteiger partial charge in [0.2, 0.25) is 0 Å². The Morgan fingerprint density at radius 3 is 2.79 bits per heavy atom. The Morgan fingerprint density at radius 2 is 2.21 bits per heavy atom. The van der Waals surface area contributed by atoms with Gasteiger partial charge in [-0.1, -0.05) is 27.6 Å². The van der Waals surface area contributed by atoms with Crippen LogP contribution in [0.3, 0.4) is 0 Å². The van der Waals surface area contributed by atoms with E-state index in [1.54, 1.807) is 0 Å². The van der Waals surface area contributed by atoms with Crippen LogP contribution in [0.2, 0.25) is 0 Å². The number of ether oxygens (including phenoxy) is 1. The maximum Gasteiger partial charge on any atom is 0.122 e. The van der Waals surface area contributed by atoms with E-state index in [2.05, 4.69) is 14.5 Å². The zero-order valence-electron chi connectivity index (χ0n) is 8.23. The highest BCUT2D eigenvalue weighted by Crippen LogP contribution is 2.16. The van der Waals surface area contributed by atoms with Crippen LogP contribution >= 0.6 is 9.39 Å². The average Bonchev–Trinajstić information content (AvgIpc) is 2.22. The van der Waals surface area contributed by atoms with E-state index in [4.69, 9.17) is 9.84 Å². The third-order valence-corrected chi connectivity index (χ3v) is 2.46. The topological polar surface area (TPSA) is 41.5 Å². The molecule has 1 aromatic carbocycles. The van der Waals surface area contributed by atoms with Gasteiger partial charge in [0.25, 0.3) is 0 Å². The third-order valence-electron chi connectivity index (χ3n) is 1.99. The molecule has 0 aliphatic rings. The fourth-order valence-electron chi connectivity index (χ4n) is 1.06. The second-order valence-electron chi connectivity index (χ2n) is 3.12. The van der Waals surface area contributed by atoms with E-state index in [9.17, 15) is 0 Å². The van der Waals surface area contributed by atoms with Gasteiger partial charge in [0.05, 0.1) is 12.6 Å². The molecule has 4 heteroatoms. The summed E-state index contributed by atoms with van der Waals surface area (Å²) in [6.07, 6.45) is 0. The Labute approximate surface area is 86.7 Å². The van der Waals surface area contributed by atoms with Crippen molar-refractivity contribution >= 4 is 9.39 Å². The number of rotatable bonds is 5. The number of aliphatic hydroxyl groups is 1. The molecular formula is C10H16NO2P. The van der Waals surface area contributed by atoms with E-state index in [1.807, 2.05) is 31.2 Å². The maximum atomic E-state index is 8.92. The second kappa shape index (κ2) is 5.97. The van der Waals surface area contributed by atoms with Gasteiger partial charge in [0.1, 0.15) is 12.4 Å². The smallest absolute Gasteiger partial charge is 0.122 e. The first-order valence-corrected chi connectivity index (χ1v) is 5.11. The fraction of sp³-hybridized carbons (Fsp3) is 0.400. The van der Waals surface area contributed by atoms with Crippen LogP contribution in [0.4, 0.5) is 0 Å². The van der Waals surface area contributed by atoms with Crippen LogP contribution in [0, 0.1) is 6.92 Å². The molecule has 1 aromatic rings. The first kappa shape index (κ1) is 11.4. The Balaban J connectivity index is 2.49. The van der Waals surface area contributed by atoms with Crippen LogP contribution in [0.5, 0.6) is 5.75 Å². The molecule has 0 aromatic heterocycles. The highest BCUT2D eigenvalue weighted by Gasteiger charge is 2.05. The van der Waals surface area contributed by atoms with Gasteiger partial charge in [0.15, 0.2) is 0 Å². The van der Waals surface area contributed by atoms with E-state index in [0.717, 1.165) is 11.3 Å². The van der Waals surface area contributed by atoms with Gasteiger partial charge in [-0.25, -0.2) is 0 Å². The van der Waals surface area contributed by atoms with E-state index >= 15 is 0 Å². The van der Waals surface area contributed by atoms with Crippen molar-refractivity contribution in [3.63, 3.8) is 0 Å². The van der Waals surface area contributed by atoms with Crippen LogP contribution in [0.1, 0.15) is 5.56 Å². The van der Waals surface area contributed by atoms with Crippen molar-refractivity contribution < 1.29 is 9.84 Å². The molecule has 0 aliphatic heterocycles. The minimum Gasteiger partial charge on any atom is -0.492 e. The lowest BCUT2D eigenvalue weighted by molar-refractivity contribution is 0.198. The molecule has 3 nitrogen and oxygen atoms in total. The summed E-state index contributed by atoms with van der Waals surface area (Å²) in [5.74, 6) is 0.867. The molecule has 0 heterocycles. The van der Waals surface area contributed by atoms with Gasteiger partial charge in [-0.15, -0.1) is 0 Å². The van der Waals surface area contributed by atoms with Gasteiger partial charge < -0.3 is 9.84 Å². The van der Waals surface area contributed by atoms with Crippen molar-refractivity contribution in [1.82, 2.24) is 5.09 Å². The largest absolute Gasteiger partial charge is 0.492 e. The highest BCUT2D eigenvalue weighted by molar-refractivity contribution is 7.13. The van der Waals surface area contributed by atoms with Crippen molar-refractivity contribution in [3.05, 3.63) is 29.8 Å². The Kier molecular flexibility index (Phi) is 4.88. The zero-order valence-corrected chi connectivity index (χ0v) is 9.39. The molecule has 0 saturated heterocycles.